The van der Waals surface area contributed by atoms with Gasteiger partial charge in [-0.15, -0.1) is 0 Å². The van der Waals surface area contributed by atoms with Crippen molar-refractivity contribution >= 4 is 5.91 Å². The van der Waals surface area contributed by atoms with Gasteiger partial charge >= 0.3 is 0 Å². The maximum atomic E-state index is 13.1. The van der Waals surface area contributed by atoms with Gasteiger partial charge in [-0.3, -0.25) is 14.4 Å². The number of aromatic nitrogens is 2. The lowest BCUT2D eigenvalue weighted by molar-refractivity contribution is 0.0894. The number of carbonyl (C=O) groups excluding carboxylic acids is 1. The van der Waals surface area contributed by atoms with Crippen molar-refractivity contribution in [3.63, 3.8) is 0 Å². The number of benzene rings is 2. The summed E-state index contributed by atoms with van der Waals surface area (Å²) in [5.41, 5.74) is 4.97. The summed E-state index contributed by atoms with van der Waals surface area (Å²) in [5.74, 6) is 0.00358. The van der Waals surface area contributed by atoms with Crippen molar-refractivity contribution in [3.05, 3.63) is 88.7 Å². The van der Waals surface area contributed by atoms with E-state index in [1.165, 1.54) is 11.1 Å². The monoisotopic (exact) mass is 416 g/mol. The molecule has 5 heteroatoms. The van der Waals surface area contributed by atoms with E-state index in [1.54, 1.807) is 0 Å². The summed E-state index contributed by atoms with van der Waals surface area (Å²) in [5, 5.41) is 7.91. The molecule has 3 aromatic rings. The molecule has 0 saturated carbocycles. The highest BCUT2D eigenvalue weighted by atomic mass is 16.1. The summed E-state index contributed by atoms with van der Waals surface area (Å²) < 4.78 is 1.93. The van der Waals surface area contributed by atoms with Gasteiger partial charge in [0.1, 0.15) is 0 Å². The van der Waals surface area contributed by atoms with E-state index < -0.39 is 0 Å². The molecule has 2 aromatic carbocycles. The first kappa shape index (κ1) is 21.3. The molecule has 0 aliphatic carbocycles. The van der Waals surface area contributed by atoms with Crippen LogP contribution in [0.4, 0.5) is 0 Å². The van der Waals surface area contributed by atoms with Crippen LogP contribution in [0.2, 0.25) is 0 Å². The van der Waals surface area contributed by atoms with E-state index in [1.807, 2.05) is 36.7 Å². The van der Waals surface area contributed by atoms with Crippen LogP contribution in [0.3, 0.4) is 0 Å². The molecule has 31 heavy (non-hydrogen) atoms. The number of amides is 1. The van der Waals surface area contributed by atoms with Gasteiger partial charge in [0.05, 0.1) is 17.8 Å². The summed E-state index contributed by atoms with van der Waals surface area (Å²) in [6.07, 6.45) is 1.94. The molecule has 4 rings (SSSR count). The molecule has 0 bridgehead atoms. The van der Waals surface area contributed by atoms with Crippen LogP contribution in [-0.4, -0.2) is 39.7 Å². The molecule has 162 valence electrons. The Balaban J connectivity index is 1.36. The average molecular weight is 417 g/mol. The number of likely N-dealkylation sites (tertiary alicyclic amines) is 1. The summed E-state index contributed by atoms with van der Waals surface area (Å²) in [4.78, 5) is 15.6. The molecular weight excluding hydrogens is 384 g/mol. The number of carbonyl (C=O) groups is 1. The highest BCUT2D eigenvalue weighted by molar-refractivity contribution is 5.96. The molecular formula is C26H32N4O. The number of hydrogen-bond donors (Lipinski definition) is 1. The summed E-state index contributed by atoms with van der Waals surface area (Å²) >= 11 is 0. The lowest BCUT2D eigenvalue weighted by atomic mass is 9.99. The molecule has 1 aliphatic heterocycles. The van der Waals surface area contributed by atoms with Gasteiger partial charge in [-0.05, 0) is 44.7 Å². The predicted octanol–water partition coefficient (Wildman–Crippen LogP) is 4.50. The van der Waals surface area contributed by atoms with Crippen molar-refractivity contribution in [1.29, 1.82) is 0 Å². The first-order chi connectivity index (χ1) is 15.0. The molecule has 1 fully saturated rings. The van der Waals surface area contributed by atoms with Gasteiger partial charge in [0.15, 0.2) is 0 Å². The maximum Gasteiger partial charge on any atom is 0.255 e. The second kappa shape index (κ2) is 9.48. The van der Waals surface area contributed by atoms with Crippen LogP contribution in [-0.2, 0) is 6.54 Å². The van der Waals surface area contributed by atoms with E-state index in [2.05, 4.69) is 64.7 Å². The molecule has 1 amide bonds. The fourth-order valence-corrected chi connectivity index (χ4v) is 4.57. The quantitative estimate of drug-likeness (QED) is 0.643. The number of aryl methyl sites for hydroxylation is 1. The van der Waals surface area contributed by atoms with Crippen LogP contribution in [0.1, 0.15) is 58.7 Å². The van der Waals surface area contributed by atoms with E-state index in [0.29, 0.717) is 12.6 Å². The Kier molecular flexibility index (Phi) is 6.52. The van der Waals surface area contributed by atoms with Crippen molar-refractivity contribution in [2.45, 2.75) is 52.2 Å². The minimum Gasteiger partial charge on any atom is -0.349 e. The number of rotatable bonds is 6. The third kappa shape index (κ3) is 4.88. The molecule has 1 atom stereocenters. The summed E-state index contributed by atoms with van der Waals surface area (Å²) in [6.45, 7) is 8.84. The Morgan fingerprint density at radius 2 is 1.65 bits per heavy atom. The normalized spacial score (nSPS) is 16.2. The number of nitrogens with one attached hydrogen (secondary N) is 1. The Labute approximate surface area is 185 Å². The Morgan fingerprint density at radius 1 is 1.03 bits per heavy atom. The van der Waals surface area contributed by atoms with Gasteiger partial charge in [-0.25, -0.2) is 0 Å². The molecule has 0 radical (unpaired) electrons. The number of hydrogen-bond acceptors (Lipinski definition) is 3. The topological polar surface area (TPSA) is 50.2 Å². The molecule has 2 heterocycles. The number of piperidine rings is 1. The first-order valence-corrected chi connectivity index (χ1v) is 11.2. The van der Waals surface area contributed by atoms with Crippen LogP contribution < -0.4 is 5.32 Å². The SMILES string of the molecule is Cc1nn(Cc2ccccc2)c(C)c1C(=O)NC1CCN(C(C)c2ccccc2)CC1. The highest BCUT2D eigenvalue weighted by Gasteiger charge is 2.26. The second-order valence-corrected chi connectivity index (χ2v) is 8.56. The molecule has 5 nitrogen and oxygen atoms in total. The minimum absolute atomic E-state index is 0.00358. The first-order valence-electron chi connectivity index (χ1n) is 11.2. The fraction of sp³-hybridized carbons (Fsp3) is 0.385. The van der Waals surface area contributed by atoms with Gasteiger partial charge < -0.3 is 5.32 Å². The van der Waals surface area contributed by atoms with Gasteiger partial charge in [-0.1, -0.05) is 60.7 Å². The van der Waals surface area contributed by atoms with Crippen LogP contribution >= 0.6 is 0 Å². The van der Waals surface area contributed by atoms with E-state index in [-0.39, 0.29) is 11.9 Å². The van der Waals surface area contributed by atoms with Crippen molar-refractivity contribution < 1.29 is 4.79 Å². The van der Waals surface area contributed by atoms with Gasteiger partial charge in [-0.2, -0.15) is 5.10 Å². The molecule has 1 aromatic heterocycles. The zero-order valence-corrected chi connectivity index (χ0v) is 18.7. The molecule has 1 aliphatic rings. The van der Waals surface area contributed by atoms with Crippen LogP contribution in [0, 0.1) is 13.8 Å². The van der Waals surface area contributed by atoms with Crippen molar-refractivity contribution in [3.8, 4) is 0 Å². The molecule has 1 saturated heterocycles. The minimum atomic E-state index is 0.00358. The molecule has 1 N–H and O–H groups in total. The molecule has 1 unspecified atom stereocenters. The van der Waals surface area contributed by atoms with E-state index >= 15 is 0 Å². The van der Waals surface area contributed by atoms with Gasteiger partial charge in [0.25, 0.3) is 5.91 Å². The van der Waals surface area contributed by atoms with Crippen molar-refractivity contribution in [2.24, 2.45) is 0 Å². The summed E-state index contributed by atoms with van der Waals surface area (Å²) in [6, 6.07) is 21.5. The third-order valence-corrected chi connectivity index (χ3v) is 6.48. The highest BCUT2D eigenvalue weighted by Crippen LogP contribution is 2.24. The van der Waals surface area contributed by atoms with Crippen LogP contribution in [0.5, 0.6) is 0 Å². The smallest absolute Gasteiger partial charge is 0.255 e. The van der Waals surface area contributed by atoms with Crippen LogP contribution in [0.15, 0.2) is 60.7 Å². The molecule has 0 spiro atoms. The Bertz CT molecular complexity index is 1000. The second-order valence-electron chi connectivity index (χ2n) is 8.56. The van der Waals surface area contributed by atoms with Crippen LogP contribution in [0.25, 0.3) is 0 Å². The van der Waals surface area contributed by atoms with Crippen molar-refractivity contribution in [1.82, 2.24) is 20.0 Å². The van der Waals surface area contributed by atoms with Gasteiger partial charge in [0, 0.05) is 30.9 Å². The van der Waals surface area contributed by atoms with E-state index in [0.717, 1.165) is 42.9 Å². The maximum absolute atomic E-state index is 13.1. The Hall–Kier alpha value is -2.92. The summed E-state index contributed by atoms with van der Waals surface area (Å²) in [7, 11) is 0. The predicted molar refractivity (Wildman–Crippen MR) is 124 cm³/mol. The zero-order chi connectivity index (χ0) is 21.8. The van der Waals surface area contributed by atoms with Gasteiger partial charge in [0.2, 0.25) is 0 Å². The zero-order valence-electron chi connectivity index (χ0n) is 18.7. The lowest BCUT2D eigenvalue weighted by Gasteiger charge is -2.36. The Morgan fingerprint density at radius 3 is 2.29 bits per heavy atom. The lowest BCUT2D eigenvalue weighted by Crippen LogP contribution is -2.45. The van der Waals surface area contributed by atoms with E-state index in [9.17, 15) is 4.79 Å². The van der Waals surface area contributed by atoms with Crippen molar-refractivity contribution in [2.75, 3.05) is 13.1 Å². The third-order valence-electron chi connectivity index (χ3n) is 6.48. The largest absolute Gasteiger partial charge is 0.349 e. The average Bonchev–Trinajstić information content (AvgIpc) is 3.08. The standard InChI is InChI=1S/C26H32N4O/c1-19-25(21(3)30(28-19)18-22-10-6-4-7-11-22)26(31)27-24-14-16-29(17-15-24)20(2)23-12-8-5-9-13-23/h4-13,20,24H,14-18H2,1-3H3,(H,27,31). The fourth-order valence-electron chi connectivity index (χ4n) is 4.57. The number of nitrogens with zero attached hydrogens (tertiary/aromatic N) is 3. The van der Waals surface area contributed by atoms with E-state index in [4.69, 9.17) is 0 Å².